The Hall–Kier alpha value is 0. The predicted molar refractivity (Wildman–Crippen MR) is 70.8 cm³/mol. The molecule has 91 valence electrons. The van der Waals surface area contributed by atoms with Crippen molar-refractivity contribution in [3.05, 3.63) is 5.92 Å². The van der Waals surface area contributed by atoms with Crippen LogP contribution in [0.15, 0.2) is 0 Å². The second kappa shape index (κ2) is 8.19. The van der Waals surface area contributed by atoms with Crippen molar-refractivity contribution in [1.29, 1.82) is 0 Å². The van der Waals surface area contributed by atoms with Crippen molar-refractivity contribution >= 4 is 0 Å². The van der Waals surface area contributed by atoms with E-state index in [1.807, 2.05) is 0 Å². The van der Waals surface area contributed by atoms with E-state index in [1.54, 1.807) is 5.92 Å². The Labute approximate surface area is 97.8 Å². The molecule has 0 rings (SSSR count). The van der Waals surface area contributed by atoms with E-state index in [9.17, 15) is 0 Å². The van der Waals surface area contributed by atoms with Gasteiger partial charge in [0.2, 0.25) is 0 Å². The van der Waals surface area contributed by atoms with E-state index in [1.165, 1.54) is 32.1 Å². The summed E-state index contributed by atoms with van der Waals surface area (Å²) in [6.45, 7) is 14.1. The number of hydrogen-bond acceptors (Lipinski definition) is 0. The lowest BCUT2D eigenvalue weighted by Crippen LogP contribution is -2.20. The third-order valence-corrected chi connectivity index (χ3v) is 3.61. The second-order valence-electron chi connectivity index (χ2n) is 5.57. The SMILES string of the molecule is CCCC[C](C)C(CC(C)C)C(C)CC. The Kier molecular flexibility index (Phi) is 8.19. The highest BCUT2D eigenvalue weighted by Gasteiger charge is 2.23. The summed E-state index contributed by atoms with van der Waals surface area (Å²) < 4.78 is 0. The lowest BCUT2D eigenvalue weighted by molar-refractivity contribution is 0.294. The van der Waals surface area contributed by atoms with Gasteiger partial charge in [0.1, 0.15) is 0 Å². The van der Waals surface area contributed by atoms with E-state index < -0.39 is 0 Å². The lowest BCUT2D eigenvalue weighted by Gasteiger charge is -2.30. The molecule has 0 aromatic carbocycles. The molecule has 0 aromatic heterocycles. The maximum Gasteiger partial charge on any atom is -0.0238 e. The first-order chi connectivity index (χ1) is 7.02. The van der Waals surface area contributed by atoms with Crippen molar-refractivity contribution in [1.82, 2.24) is 0 Å². The topological polar surface area (TPSA) is 0 Å². The summed E-state index contributed by atoms with van der Waals surface area (Å²) in [5.41, 5.74) is 0. The monoisotopic (exact) mass is 211 g/mol. The van der Waals surface area contributed by atoms with Crippen LogP contribution >= 0.6 is 0 Å². The molecule has 15 heavy (non-hydrogen) atoms. The molecule has 2 atom stereocenters. The molecule has 0 aliphatic carbocycles. The van der Waals surface area contributed by atoms with Crippen molar-refractivity contribution < 1.29 is 0 Å². The summed E-state index contributed by atoms with van der Waals surface area (Å²) in [6, 6.07) is 0. The molecule has 0 bridgehead atoms. The molecule has 0 aliphatic rings. The molecule has 0 aliphatic heterocycles. The third kappa shape index (κ3) is 6.22. The van der Waals surface area contributed by atoms with Crippen LogP contribution in [0.2, 0.25) is 0 Å². The quantitative estimate of drug-likeness (QED) is 0.499. The summed E-state index contributed by atoms with van der Waals surface area (Å²) in [4.78, 5) is 0. The van der Waals surface area contributed by atoms with E-state index in [4.69, 9.17) is 0 Å². The van der Waals surface area contributed by atoms with Gasteiger partial charge in [0.25, 0.3) is 0 Å². The molecule has 0 spiro atoms. The molecule has 0 heteroatoms. The lowest BCUT2D eigenvalue weighted by atomic mass is 9.75. The Morgan fingerprint density at radius 1 is 1.07 bits per heavy atom. The molecule has 0 saturated carbocycles. The fraction of sp³-hybridized carbons (Fsp3) is 0.933. The van der Waals surface area contributed by atoms with E-state index in [2.05, 4.69) is 41.5 Å². The summed E-state index contributed by atoms with van der Waals surface area (Å²) in [7, 11) is 0. The standard InChI is InChI=1S/C15H31/c1-7-9-10-14(6)15(11-12(3)4)13(5)8-2/h12-13,15H,7-11H2,1-6H3. The summed E-state index contributed by atoms with van der Waals surface area (Å²) in [5.74, 6) is 4.31. The fourth-order valence-corrected chi connectivity index (χ4v) is 2.35. The first kappa shape index (κ1) is 15.0. The van der Waals surface area contributed by atoms with Crippen LogP contribution in [-0.2, 0) is 0 Å². The van der Waals surface area contributed by atoms with Gasteiger partial charge < -0.3 is 0 Å². The molecule has 0 aromatic rings. The first-order valence-electron chi connectivity index (χ1n) is 6.85. The van der Waals surface area contributed by atoms with Gasteiger partial charge in [-0.1, -0.05) is 60.8 Å². The Bertz CT molecular complexity index is 137. The zero-order chi connectivity index (χ0) is 11.8. The van der Waals surface area contributed by atoms with E-state index in [-0.39, 0.29) is 0 Å². The van der Waals surface area contributed by atoms with Gasteiger partial charge in [-0.3, -0.25) is 0 Å². The van der Waals surface area contributed by atoms with Crippen LogP contribution in [-0.4, -0.2) is 0 Å². The molecule has 0 fully saturated rings. The van der Waals surface area contributed by atoms with Crippen LogP contribution in [0.3, 0.4) is 0 Å². The molecule has 2 unspecified atom stereocenters. The smallest absolute Gasteiger partial charge is 0.0238 e. The van der Waals surface area contributed by atoms with Crippen LogP contribution in [0.4, 0.5) is 0 Å². The maximum atomic E-state index is 2.42. The number of hydrogen-bond donors (Lipinski definition) is 0. The molecular formula is C15H31. The Balaban J connectivity index is 4.20. The van der Waals surface area contributed by atoms with Gasteiger partial charge in [-0.25, -0.2) is 0 Å². The van der Waals surface area contributed by atoms with Crippen molar-refractivity contribution in [3.8, 4) is 0 Å². The van der Waals surface area contributed by atoms with Crippen LogP contribution < -0.4 is 0 Å². The summed E-state index contributed by atoms with van der Waals surface area (Å²) in [5, 5.41) is 0. The second-order valence-corrected chi connectivity index (χ2v) is 5.57. The zero-order valence-electron chi connectivity index (χ0n) is 11.8. The Morgan fingerprint density at radius 2 is 1.67 bits per heavy atom. The molecule has 0 amide bonds. The number of unbranched alkanes of at least 4 members (excludes halogenated alkanes) is 1. The third-order valence-electron chi connectivity index (χ3n) is 3.61. The number of rotatable bonds is 8. The normalized spacial score (nSPS) is 16.0. The zero-order valence-corrected chi connectivity index (χ0v) is 11.8. The highest BCUT2D eigenvalue weighted by atomic mass is 14.3. The first-order valence-corrected chi connectivity index (χ1v) is 6.85. The van der Waals surface area contributed by atoms with Gasteiger partial charge in [-0.05, 0) is 36.5 Å². The van der Waals surface area contributed by atoms with Gasteiger partial charge in [-0.2, -0.15) is 0 Å². The van der Waals surface area contributed by atoms with Crippen molar-refractivity contribution in [3.63, 3.8) is 0 Å². The van der Waals surface area contributed by atoms with Gasteiger partial charge in [0.15, 0.2) is 0 Å². The summed E-state index contributed by atoms with van der Waals surface area (Å²) in [6.07, 6.45) is 6.74. The molecule has 0 heterocycles. The highest BCUT2D eigenvalue weighted by Crippen LogP contribution is 2.33. The summed E-state index contributed by atoms with van der Waals surface area (Å²) >= 11 is 0. The van der Waals surface area contributed by atoms with E-state index in [0.717, 1.165) is 17.8 Å². The van der Waals surface area contributed by atoms with Gasteiger partial charge in [-0.15, -0.1) is 0 Å². The van der Waals surface area contributed by atoms with Crippen molar-refractivity contribution in [2.75, 3.05) is 0 Å². The largest absolute Gasteiger partial charge is 0.0654 e. The Morgan fingerprint density at radius 3 is 2.07 bits per heavy atom. The van der Waals surface area contributed by atoms with Gasteiger partial charge >= 0.3 is 0 Å². The van der Waals surface area contributed by atoms with E-state index >= 15 is 0 Å². The molecular weight excluding hydrogens is 180 g/mol. The molecule has 0 saturated heterocycles. The van der Waals surface area contributed by atoms with Gasteiger partial charge in [0, 0.05) is 0 Å². The minimum atomic E-state index is 0.834. The molecule has 0 nitrogen and oxygen atoms in total. The maximum absolute atomic E-state index is 2.42. The van der Waals surface area contributed by atoms with Crippen LogP contribution in [0.1, 0.15) is 73.6 Å². The van der Waals surface area contributed by atoms with Crippen LogP contribution in [0.25, 0.3) is 0 Å². The average molecular weight is 211 g/mol. The van der Waals surface area contributed by atoms with Crippen LogP contribution in [0, 0.1) is 23.7 Å². The van der Waals surface area contributed by atoms with E-state index in [0.29, 0.717) is 0 Å². The van der Waals surface area contributed by atoms with Crippen molar-refractivity contribution in [2.24, 2.45) is 17.8 Å². The van der Waals surface area contributed by atoms with Crippen LogP contribution in [0.5, 0.6) is 0 Å². The average Bonchev–Trinajstić information content (AvgIpc) is 2.21. The fourth-order valence-electron chi connectivity index (χ4n) is 2.35. The molecule has 1 radical (unpaired) electrons. The highest BCUT2D eigenvalue weighted by molar-refractivity contribution is 4.94. The molecule has 0 N–H and O–H groups in total. The minimum Gasteiger partial charge on any atom is -0.0654 e. The minimum absolute atomic E-state index is 0.834. The van der Waals surface area contributed by atoms with Crippen molar-refractivity contribution in [2.45, 2.75) is 73.6 Å². The van der Waals surface area contributed by atoms with Gasteiger partial charge in [0.05, 0.1) is 0 Å². The predicted octanol–water partition coefficient (Wildman–Crippen LogP) is 5.48.